The van der Waals surface area contributed by atoms with Gasteiger partial charge in [-0.2, -0.15) is 0 Å². The monoisotopic (exact) mass is 346 g/mol. The zero-order chi connectivity index (χ0) is 18.1. The molecule has 0 spiro atoms. The zero-order valence-electron chi connectivity index (χ0n) is 14.5. The van der Waals surface area contributed by atoms with Gasteiger partial charge in [0.1, 0.15) is 12.1 Å². The number of carbonyl (C=O) groups is 1. The predicted molar refractivity (Wildman–Crippen MR) is 98.9 cm³/mol. The molecule has 1 unspecified atom stereocenters. The second-order valence-corrected chi connectivity index (χ2v) is 6.72. The standard InChI is InChI=1S/C22H19FN2O/c1-15-8-18(17-5-3-7-24-11-17)10-19-13-25(21(14-26)22(15)19)12-16-4-2-6-20(23)9-16/h2-11,14,21H,12-13H2,1H3. The zero-order valence-corrected chi connectivity index (χ0v) is 14.5. The first-order valence-corrected chi connectivity index (χ1v) is 8.63. The highest BCUT2D eigenvalue weighted by molar-refractivity contribution is 5.71. The molecule has 1 aliphatic rings. The molecule has 1 atom stereocenters. The van der Waals surface area contributed by atoms with E-state index < -0.39 is 0 Å². The van der Waals surface area contributed by atoms with Gasteiger partial charge < -0.3 is 4.79 Å². The molecule has 0 saturated heterocycles. The Hall–Kier alpha value is -2.85. The number of hydrogen-bond acceptors (Lipinski definition) is 3. The summed E-state index contributed by atoms with van der Waals surface area (Å²) in [4.78, 5) is 18.1. The van der Waals surface area contributed by atoms with Gasteiger partial charge >= 0.3 is 0 Å². The van der Waals surface area contributed by atoms with Crippen molar-refractivity contribution in [3.05, 3.63) is 89.0 Å². The molecule has 0 saturated carbocycles. The first-order chi connectivity index (χ1) is 12.7. The summed E-state index contributed by atoms with van der Waals surface area (Å²) in [7, 11) is 0. The number of benzene rings is 2. The molecule has 3 nitrogen and oxygen atoms in total. The van der Waals surface area contributed by atoms with Crippen molar-refractivity contribution < 1.29 is 9.18 Å². The van der Waals surface area contributed by atoms with Gasteiger partial charge in [0.25, 0.3) is 0 Å². The van der Waals surface area contributed by atoms with E-state index in [-0.39, 0.29) is 11.9 Å². The molecule has 0 bridgehead atoms. The van der Waals surface area contributed by atoms with Gasteiger partial charge in [-0.05, 0) is 59.0 Å². The third-order valence-corrected chi connectivity index (χ3v) is 4.93. The predicted octanol–water partition coefficient (Wildman–Crippen LogP) is 4.45. The molecule has 0 N–H and O–H groups in total. The highest BCUT2D eigenvalue weighted by atomic mass is 19.1. The summed E-state index contributed by atoms with van der Waals surface area (Å²) < 4.78 is 13.5. The van der Waals surface area contributed by atoms with E-state index in [9.17, 15) is 9.18 Å². The fourth-order valence-electron chi connectivity index (χ4n) is 3.80. The van der Waals surface area contributed by atoms with Gasteiger partial charge in [-0.3, -0.25) is 9.88 Å². The van der Waals surface area contributed by atoms with Crippen LogP contribution in [0.2, 0.25) is 0 Å². The van der Waals surface area contributed by atoms with Crippen molar-refractivity contribution >= 4 is 6.29 Å². The van der Waals surface area contributed by atoms with Crippen LogP contribution in [0.25, 0.3) is 11.1 Å². The first-order valence-electron chi connectivity index (χ1n) is 8.63. The minimum absolute atomic E-state index is 0.253. The molecule has 0 amide bonds. The maximum Gasteiger partial charge on any atom is 0.141 e. The van der Waals surface area contributed by atoms with Crippen molar-refractivity contribution in [1.82, 2.24) is 9.88 Å². The number of nitrogens with zero attached hydrogens (tertiary/aromatic N) is 2. The number of pyridine rings is 1. The molecular formula is C22H19FN2O. The Morgan fingerprint density at radius 3 is 2.81 bits per heavy atom. The topological polar surface area (TPSA) is 33.2 Å². The van der Waals surface area contributed by atoms with E-state index >= 15 is 0 Å². The molecule has 3 aromatic rings. The smallest absolute Gasteiger partial charge is 0.141 e. The summed E-state index contributed by atoms with van der Waals surface area (Å²) in [6.07, 6.45) is 4.59. The molecule has 2 aromatic carbocycles. The lowest BCUT2D eigenvalue weighted by Crippen LogP contribution is -2.23. The lowest BCUT2D eigenvalue weighted by Gasteiger charge is -2.21. The number of rotatable bonds is 4. The average Bonchev–Trinajstić information content (AvgIpc) is 3.00. The largest absolute Gasteiger partial charge is 0.301 e. The molecule has 130 valence electrons. The minimum atomic E-state index is -0.295. The molecular weight excluding hydrogens is 327 g/mol. The van der Waals surface area contributed by atoms with E-state index in [1.54, 1.807) is 12.3 Å². The Labute approximate surface area is 152 Å². The first kappa shape index (κ1) is 16.6. The van der Waals surface area contributed by atoms with Crippen LogP contribution in [0.15, 0.2) is 60.9 Å². The number of aldehydes is 1. The summed E-state index contributed by atoms with van der Waals surface area (Å²) >= 11 is 0. The van der Waals surface area contributed by atoms with Crippen molar-refractivity contribution in [2.24, 2.45) is 0 Å². The van der Waals surface area contributed by atoms with Crippen LogP contribution in [0.5, 0.6) is 0 Å². The van der Waals surface area contributed by atoms with Gasteiger partial charge in [0.05, 0.1) is 6.04 Å². The number of halogens is 1. The van der Waals surface area contributed by atoms with Gasteiger partial charge in [-0.25, -0.2) is 4.39 Å². The summed E-state index contributed by atoms with van der Waals surface area (Å²) in [5, 5.41) is 0. The number of hydrogen-bond donors (Lipinski definition) is 0. The number of aryl methyl sites for hydroxylation is 1. The number of fused-ring (bicyclic) bond motifs is 1. The lowest BCUT2D eigenvalue weighted by molar-refractivity contribution is -0.112. The maximum atomic E-state index is 13.5. The average molecular weight is 346 g/mol. The van der Waals surface area contributed by atoms with E-state index in [1.165, 1.54) is 12.1 Å². The van der Waals surface area contributed by atoms with Gasteiger partial charge in [0.15, 0.2) is 0 Å². The maximum absolute atomic E-state index is 13.5. The van der Waals surface area contributed by atoms with E-state index in [2.05, 4.69) is 22.0 Å². The Kier molecular flexibility index (Phi) is 4.35. The fraction of sp³-hybridized carbons (Fsp3) is 0.182. The van der Waals surface area contributed by atoms with Crippen LogP contribution < -0.4 is 0 Å². The Balaban J connectivity index is 1.69. The molecule has 1 aliphatic heterocycles. The van der Waals surface area contributed by atoms with Crippen LogP contribution in [0.4, 0.5) is 4.39 Å². The third kappa shape index (κ3) is 3.04. The van der Waals surface area contributed by atoms with E-state index in [0.717, 1.165) is 39.7 Å². The second-order valence-electron chi connectivity index (χ2n) is 6.72. The highest BCUT2D eigenvalue weighted by Crippen LogP contribution is 2.38. The van der Waals surface area contributed by atoms with Gasteiger partial charge in [0.2, 0.25) is 0 Å². The van der Waals surface area contributed by atoms with Gasteiger partial charge in [0, 0.05) is 31.0 Å². The molecule has 0 fully saturated rings. The fourth-order valence-corrected chi connectivity index (χ4v) is 3.80. The molecule has 4 rings (SSSR count). The number of carbonyl (C=O) groups excluding carboxylic acids is 1. The van der Waals surface area contributed by atoms with Crippen LogP contribution in [-0.4, -0.2) is 16.2 Å². The van der Waals surface area contributed by atoms with Crippen molar-refractivity contribution in [3.63, 3.8) is 0 Å². The van der Waals surface area contributed by atoms with Crippen molar-refractivity contribution in [3.8, 4) is 11.1 Å². The minimum Gasteiger partial charge on any atom is -0.301 e. The van der Waals surface area contributed by atoms with E-state index in [1.807, 2.05) is 31.3 Å². The molecule has 0 aliphatic carbocycles. The Morgan fingerprint density at radius 2 is 2.08 bits per heavy atom. The van der Waals surface area contributed by atoms with Gasteiger partial charge in [-0.1, -0.05) is 24.3 Å². The Morgan fingerprint density at radius 1 is 1.19 bits per heavy atom. The van der Waals surface area contributed by atoms with Crippen molar-refractivity contribution in [1.29, 1.82) is 0 Å². The highest BCUT2D eigenvalue weighted by Gasteiger charge is 2.31. The molecule has 2 heterocycles. The Bertz CT molecular complexity index is 956. The molecule has 1 aromatic heterocycles. The van der Waals surface area contributed by atoms with Crippen LogP contribution in [0.3, 0.4) is 0 Å². The van der Waals surface area contributed by atoms with E-state index in [4.69, 9.17) is 0 Å². The summed E-state index contributed by atoms with van der Waals surface area (Å²) in [5.41, 5.74) is 6.35. The van der Waals surface area contributed by atoms with Crippen molar-refractivity contribution in [2.45, 2.75) is 26.1 Å². The van der Waals surface area contributed by atoms with Gasteiger partial charge in [-0.15, -0.1) is 0 Å². The summed E-state index contributed by atoms with van der Waals surface area (Å²) in [6, 6.07) is 14.5. The lowest BCUT2D eigenvalue weighted by atomic mass is 9.94. The SMILES string of the molecule is Cc1cc(-c2cccnc2)cc2c1C(C=O)N(Cc1cccc(F)c1)C2. The quantitative estimate of drug-likeness (QED) is 0.654. The summed E-state index contributed by atoms with van der Waals surface area (Å²) in [5.74, 6) is -0.253. The number of aromatic nitrogens is 1. The molecule has 26 heavy (non-hydrogen) atoms. The van der Waals surface area contributed by atoms with Crippen LogP contribution in [0.1, 0.15) is 28.3 Å². The summed E-state index contributed by atoms with van der Waals surface area (Å²) in [6.45, 7) is 3.25. The van der Waals surface area contributed by atoms with Crippen LogP contribution in [-0.2, 0) is 17.9 Å². The second kappa shape index (κ2) is 6.81. The van der Waals surface area contributed by atoms with Crippen LogP contribution >= 0.6 is 0 Å². The normalized spacial score (nSPS) is 16.5. The third-order valence-electron chi connectivity index (χ3n) is 4.93. The van der Waals surface area contributed by atoms with E-state index in [0.29, 0.717) is 13.1 Å². The molecule has 4 heteroatoms. The van der Waals surface area contributed by atoms with Crippen LogP contribution in [0, 0.1) is 12.7 Å². The van der Waals surface area contributed by atoms with Crippen molar-refractivity contribution in [2.75, 3.05) is 0 Å². The molecule has 0 radical (unpaired) electrons.